The number of fused-ring (bicyclic) bond motifs is 10. The molecule has 1 aliphatic rings. The lowest BCUT2D eigenvalue weighted by molar-refractivity contribution is 0.660. The average molecular weight is 602 g/mol. The molecule has 0 amide bonds. The van der Waals surface area contributed by atoms with E-state index in [4.69, 9.17) is 15.4 Å². The second-order valence-electron chi connectivity index (χ2n) is 12.1. The van der Waals surface area contributed by atoms with Crippen LogP contribution in [0.2, 0.25) is 0 Å². The van der Waals surface area contributed by atoms with Crippen molar-refractivity contribution in [2.45, 2.75) is 19.3 Å². The van der Waals surface area contributed by atoms with Gasteiger partial charge in [0.15, 0.2) is 0 Å². The highest BCUT2D eigenvalue weighted by molar-refractivity contribution is 6.23. The second-order valence-corrected chi connectivity index (χ2v) is 12.1. The van der Waals surface area contributed by atoms with Crippen LogP contribution in [0.25, 0.3) is 87.6 Å². The minimum Gasteiger partial charge on any atom is -0.456 e. The summed E-state index contributed by atoms with van der Waals surface area (Å²) in [5.41, 5.74) is 3.07. The van der Waals surface area contributed by atoms with E-state index in [-0.39, 0.29) is 77.0 Å². The molecule has 0 fully saturated rings. The Balaban J connectivity index is 1.46. The van der Waals surface area contributed by atoms with Crippen LogP contribution in [0.4, 0.5) is 0 Å². The molecule has 0 saturated heterocycles. The van der Waals surface area contributed by atoms with E-state index in [1.807, 2.05) is 36.4 Å². The molecular weight excluding hydrogens is 556 g/mol. The first-order valence-corrected chi connectivity index (χ1v) is 14.9. The molecule has 0 bridgehead atoms. The van der Waals surface area contributed by atoms with E-state index in [0.29, 0.717) is 5.56 Å². The topological polar surface area (TPSA) is 13.1 Å². The Morgan fingerprint density at radius 2 is 1.15 bits per heavy atom. The Labute approximate surface area is 288 Å². The van der Waals surface area contributed by atoms with E-state index in [2.05, 4.69) is 13.8 Å². The van der Waals surface area contributed by atoms with Gasteiger partial charge in [0, 0.05) is 16.2 Å². The number of hydrogen-bond acceptors (Lipinski definition) is 1. The molecule has 9 aromatic rings. The summed E-state index contributed by atoms with van der Waals surface area (Å²) in [5, 5.41) is -0.679. The molecule has 1 heterocycles. The van der Waals surface area contributed by atoms with Crippen LogP contribution in [0.3, 0.4) is 0 Å². The van der Waals surface area contributed by atoms with Crippen molar-refractivity contribution in [3.8, 4) is 33.4 Å². The summed E-state index contributed by atoms with van der Waals surface area (Å²) in [4.78, 5) is 0. The maximum absolute atomic E-state index is 9.87. The van der Waals surface area contributed by atoms with Gasteiger partial charge in [-0.3, -0.25) is 0 Å². The highest BCUT2D eigenvalue weighted by atomic mass is 16.3. The van der Waals surface area contributed by atoms with Gasteiger partial charge in [0.1, 0.15) is 11.2 Å². The zero-order valence-electron chi connectivity index (χ0n) is 39.6. The summed E-state index contributed by atoms with van der Waals surface area (Å²) < 4.78 is 142. The minimum atomic E-state index is -0.671. The molecule has 0 unspecified atom stereocenters. The summed E-state index contributed by atoms with van der Waals surface area (Å²) in [6.07, 6.45) is 0. The second kappa shape index (κ2) is 9.19. The molecule has 0 saturated carbocycles. The molecule has 1 heteroatoms. The Kier molecular flexibility index (Phi) is 3.01. The Hall–Kier alpha value is -5.66. The minimum absolute atomic E-state index is 0.00547. The summed E-state index contributed by atoms with van der Waals surface area (Å²) in [6.45, 7) is 4.19. The molecule has 8 aromatic carbocycles. The lowest BCUT2D eigenvalue weighted by atomic mass is 9.81. The van der Waals surface area contributed by atoms with Gasteiger partial charge in [0.2, 0.25) is 0 Å². The third-order valence-corrected chi connectivity index (χ3v) is 9.35. The van der Waals surface area contributed by atoms with E-state index < -0.39 is 90.0 Å². The van der Waals surface area contributed by atoms with Gasteiger partial charge in [0.25, 0.3) is 0 Å². The lowest BCUT2D eigenvalue weighted by Crippen LogP contribution is -2.14. The monoisotopic (exact) mass is 601 g/mol. The first-order valence-electron chi connectivity index (χ1n) is 22.4. The molecule has 0 aliphatic heterocycles. The first kappa shape index (κ1) is 15.1. The maximum Gasteiger partial charge on any atom is 0.136 e. The van der Waals surface area contributed by atoms with Gasteiger partial charge in [-0.05, 0) is 101 Å². The Morgan fingerprint density at radius 1 is 0.522 bits per heavy atom. The van der Waals surface area contributed by atoms with Crippen LogP contribution in [0.1, 0.15) is 45.5 Å². The van der Waals surface area contributed by atoms with Crippen molar-refractivity contribution in [3.63, 3.8) is 0 Å². The largest absolute Gasteiger partial charge is 0.456 e. The van der Waals surface area contributed by atoms with E-state index >= 15 is 0 Å². The normalized spacial score (nSPS) is 18.2. The molecule has 1 nitrogen and oxygen atoms in total. The van der Waals surface area contributed by atoms with Crippen LogP contribution in [0.5, 0.6) is 0 Å². The fourth-order valence-corrected chi connectivity index (χ4v) is 7.26. The standard InChI is InChI=1S/C45H30O/c1-45(2)38-18-10-9-13-31(38)36-25-28(19-22-39(36)45)42-32-14-5-7-16-34(32)43(35-17-8-6-15-33(35)42)29-21-23-40-37(26-29)44-30-12-4-3-11-27(30)20-24-41(44)46-40/h3-26H,1-2H3/i3D,4D,5D,6D,7D,8D,11D,12D,14D,15D,16D,17D,21D,23D,26D. The molecule has 0 spiro atoms. The van der Waals surface area contributed by atoms with Gasteiger partial charge in [-0.15, -0.1) is 0 Å². The zero-order valence-corrected chi connectivity index (χ0v) is 24.6. The van der Waals surface area contributed by atoms with Gasteiger partial charge < -0.3 is 4.42 Å². The van der Waals surface area contributed by atoms with Crippen molar-refractivity contribution in [1.29, 1.82) is 0 Å². The first-order chi connectivity index (χ1) is 28.8. The van der Waals surface area contributed by atoms with E-state index in [9.17, 15) is 9.60 Å². The van der Waals surface area contributed by atoms with E-state index in [1.165, 1.54) is 12.1 Å². The molecule has 1 aromatic heterocycles. The van der Waals surface area contributed by atoms with Crippen molar-refractivity contribution in [3.05, 3.63) is 156 Å². The molecule has 0 N–H and O–H groups in total. The number of furan rings is 1. The van der Waals surface area contributed by atoms with Crippen molar-refractivity contribution in [2.75, 3.05) is 0 Å². The van der Waals surface area contributed by atoms with Gasteiger partial charge in [-0.2, -0.15) is 0 Å². The highest BCUT2D eigenvalue weighted by Crippen LogP contribution is 2.51. The Morgan fingerprint density at radius 3 is 1.89 bits per heavy atom. The number of benzene rings is 8. The van der Waals surface area contributed by atoms with Crippen LogP contribution in [0, 0.1) is 0 Å². The number of rotatable bonds is 2. The summed E-state index contributed by atoms with van der Waals surface area (Å²) in [7, 11) is 0. The fraction of sp³-hybridized carbons (Fsp3) is 0.0667. The Bertz CT molecular complexity index is 3490. The fourth-order valence-electron chi connectivity index (χ4n) is 7.26. The summed E-state index contributed by atoms with van der Waals surface area (Å²) >= 11 is 0. The van der Waals surface area contributed by atoms with Crippen LogP contribution in [-0.2, 0) is 5.41 Å². The van der Waals surface area contributed by atoms with Gasteiger partial charge >= 0.3 is 0 Å². The lowest BCUT2D eigenvalue weighted by Gasteiger charge is -2.22. The number of hydrogen-bond donors (Lipinski definition) is 0. The maximum atomic E-state index is 9.87. The van der Waals surface area contributed by atoms with Gasteiger partial charge in [-0.25, -0.2) is 0 Å². The zero-order chi connectivity index (χ0) is 43.6. The van der Waals surface area contributed by atoms with E-state index in [1.54, 1.807) is 6.07 Å². The highest BCUT2D eigenvalue weighted by Gasteiger charge is 2.35. The average Bonchev–Trinajstić information content (AvgIpc) is 3.75. The summed E-state index contributed by atoms with van der Waals surface area (Å²) in [5.74, 6) is 0. The molecular formula is C45H30O. The SMILES string of the molecule is [2H]c1c([2H])c([2H])c2c(ccc3oc4c([2H])c([2H])c(-c5c6c([2H])c([2H])c([2H])c([2H])c6c(-c6ccc7c(c6)-c6ccccc6C7(C)C)c6c([2H])c([2H])c([2H])c([2H])c56)c([2H])c4c32)c1[2H]. The van der Waals surface area contributed by atoms with Gasteiger partial charge in [-0.1, -0.05) is 135 Å². The van der Waals surface area contributed by atoms with Crippen molar-refractivity contribution in [2.24, 2.45) is 0 Å². The van der Waals surface area contributed by atoms with E-state index in [0.717, 1.165) is 22.3 Å². The van der Waals surface area contributed by atoms with Crippen LogP contribution >= 0.6 is 0 Å². The van der Waals surface area contributed by atoms with Gasteiger partial charge in [0.05, 0.1) is 20.6 Å². The third-order valence-electron chi connectivity index (χ3n) is 9.35. The summed E-state index contributed by atoms with van der Waals surface area (Å²) in [6, 6.07) is 7.99. The molecule has 0 radical (unpaired) electrons. The molecule has 0 atom stereocenters. The van der Waals surface area contributed by atoms with Crippen LogP contribution < -0.4 is 0 Å². The van der Waals surface area contributed by atoms with Crippen LogP contribution in [0.15, 0.2) is 150 Å². The third kappa shape index (κ3) is 3.40. The predicted octanol–water partition coefficient (Wildman–Crippen LogP) is 12.7. The quantitative estimate of drug-likeness (QED) is 0.180. The molecule has 10 rings (SSSR count). The smallest absolute Gasteiger partial charge is 0.136 e. The van der Waals surface area contributed by atoms with Crippen LogP contribution in [-0.4, -0.2) is 0 Å². The predicted molar refractivity (Wildman–Crippen MR) is 195 cm³/mol. The van der Waals surface area contributed by atoms with Crippen molar-refractivity contribution in [1.82, 2.24) is 0 Å². The van der Waals surface area contributed by atoms with Crippen molar-refractivity contribution < 1.29 is 25.0 Å². The molecule has 46 heavy (non-hydrogen) atoms. The van der Waals surface area contributed by atoms with Crippen molar-refractivity contribution >= 4 is 54.3 Å². The molecule has 216 valence electrons. The molecule has 1 aliphatic carbocycles.